The molecule has 13 heteroatoms. The number of carbonyl (C=O) groups is 4. The molecule has 1 aliphatic heterocycles. The fourth-order valence-corrected chi connectivity index (χ4v) is 4.76. The molecule has 0 atom stereocenters. The van der Waals surface area contributed by atoms with Crippen LogP contribution in [0.5, 0.6) is 11.5 Å². The van der Waals surface area contributed by atoms with Gasteiger partial charge in [0.05, 0.1) is 16.9 Å². The van der Waals surface area contributed by atoms with E-state index in [4.69, 9.17) is 9.47 Å². The van der Waals surface area contributed by atoms with Crippen LogP contribution in [0.1, 0.15) is 16.7 Å². The monoisotopic (exact) mass is 590 g/mol. The van der Waals surface area contributed by atoms with Crippen molar-refractivity contribution in [1.82, 2.24) is 4.90 Å². The number of benzene rings is 3. The second-order valence-electron chi connectivity index (χ2n) is 9.19. The Labute approximate surface area is 244 Å². The molecule has 0 radical (unpaired) electrons. The molecule has 12 nitrogen and oxygen atoms in total. The van der Waals surface area contributed by atoms with Gasteiger partial charge in [-0.15, -0.1) is 0 Å². The van der Waals surface area contributed by atoms with Gasteiger partial charge in [0.15, 0.2) is 18.1 Å². The van der Waals surface area contributed by atoms with Crippen molar-refractivity contribution in [3.8, 4) is 11.5 Å². The summed E-state index contributed by atoms with van der Waals surface area (Å²) in [4.78, 5) is 61.7. The zero-order valence-electron chi connectivity index (χ0n) is 22.8. The van der Waals surface area contributed by atoms with Gasteiger partial charge in [0, 0.05) is 23.5 Å². The van der Waals surface area contributed by atoms with Crippen LogP contribution in [0.2, 0.25) is 0 Å². The van der Waals surface area contributed by atoms with E-state index in [0.717, 1.165) is 27.8 Å². The Morgan fingerprint density at radius 2 is 1.79 bits per heavy atom. The maximum absolute atomic E-state index is 12.9. The van der Waals surface area contributed by atoms with E-state index in [1.165, 1.54) is 43.5 Å². The largest absolute Gasteiger partial charge is 0.493 e. The number of hydrogen-bond acceptors (Lipinski definition) is 9. The van der Waals surface area contributed by atoms with E-state index in [2.05, 4.69) is 10.6 Å². The van der Waals surface area contributed by atoms with Crippen molar-refractivity contribution < 1.29 is 33.6 Å². The number of imide groups is 1. The molecule has 3 aromatic rings. The second-order valence-corrected chi connectivity index (χ2v) is 10.2. The number of nitrogens with zero attached hydrogens (tertiary/aromatic N) is 2. The summed E-state index contributed by atoms with van der Waals surface area (Å²) < 4.78 is 10.9. The molecule has 0 aromatic heterocycles. The molecule has 42 heavy (non-hydrogen) atoms. The first-order chi connectivity index (χ1) is 20.0. The molecule has 2 N–H and O–H groups in total. The number of methoxy groups -OCH3 is 1. The van der Waals surface area contributed by atoms with Gasteiger partial charge in [-0.1, -0.05) is 24.3 Å². The molecule has 0 spiro atoms. The molecule has 1 saturated heterocycles. The number of nitro groups is 1. The minimum Gasteiger partial charge on any atom is -0.493 e. The Balaban J connectivity index is 1.38. The number of non-ortho nitro benzene ring substituents is 1. The smallest absolute Gasteiger partial charge is 0.294 e. The Bertz CT molecular complexity index is 1620. The standard InChI is InChI=1S/C29H26N4O8S/c1-17-7-8-18(2)22(11-17)31-26(34)15-32-28(36)25(42-29(32)37)13-19-9-10-23(24(12-19)40-3)41-16-27(35)30-20-5-4-6-21(14-20)33(38)39/h4-14H,15-16H2,1-3H3,(H,30,35)(H,31,34)/b25-13-. The number of thioether (sulfide) groups is 1. The van der Waals surface area contributed by atoms with Crippen LogP contribution in [0.4, 0.5) is 21.9 Å². The minimum atomic E-state index is -0.599. The maximum atomic E-state index is 12.9. The quantitative estimate of drug-likeness (QED) is 0.190. The highest BCUT2D eigenvalue weighted by molar-refractivity contribution is 8.18. The molecule has 216 valence electrons. The van der Waals surface area contributed by atoms with Crippen LogP contribution in [0.25, 0.3) is 6.08 Å². The lowest BCUT2D eigenvalue weighted by Gasteiger charge is -2.14. The van der Waals surface area contributed by atoms with Crippen molar-refractivity contribution in [2.75, 3.05) is 30.9 Å². The molecular weight excluding hydrogens is 564 g/mol. The van der Waals surface area contributed by atoms with Gasteiger partial charge in [0.2, 0.25) is 5.91 Å². The van der Waals surface area contributed by atoms with Crippen molar-refractivity contribution in [3.63, 3.8) is 0 Å². The number of hydrogen-bond donors (Lipinski definition) is 2. The summed E-state index contributed by atoms with van der Waals surface area (Å²) in [6.45, 7) is 2.91. The fourth-order valence-electron chi connectivity index (χ4n) is 3.92. The lowest BCUT2D eigenvalue weighted by molar-refractivity contribution is -0.384. The number of nitrogens with one attached hydrogen (secondary N) is 2. The van der Waals surface area contributed by atoms with Gasteiger partial charge in [-0.3, -0.25) is 34.2 Å². The first kappa shape index (κ1) is 29.8. The Morgan fingerprint density at radius 1 is 1.00 bits per heavy atom. The van der Waals surface area contributed by atoms with Gasteiger partial charge >= 0.3 is 0 Å². The number of amides is 4. The van der Waals surface area contributed by atoms with Gasteiger partial charge in [-0.05, 0) is 72.6 Å². The van der Waals surface area contributed by atoms with Crippen molar-refractivity contribution in [2.45, 2.75) is 13.8 Å². The van der Waals surface area contributed by atoms with Crippen LogP contribution in [0, 0.1) is 24.0 Å². The minimum absolute atomic E-state index is 0.131. The third-order valence-corrected chi connectivity index (χ3v) is 6.93. The van der Waals surface area contributed by atoms with E-state index in [0.29, 0.717) is 11.3 Å². The third-order valence-electron chi connectivity index (χ3n) is 6.03. The molecule has 4 rings (SSSR count). The van der Waals surface area contributed by atoms with Gasteiger partial charge in [0.25, 0.3) is 22.7 Å². The topological polar surface area (TPSA) is 157 Å². The van der Waals surface area contributed by atoms with E-state index in [1.54, 1.807) is 12.1 Å². The number of ether oxygens (including phenoxy) is 2. The highest BCUT2D eigenvalue weighted by Gasteiger charge is 2.36. The predicted molar refractivity (Wildman–Crippen MR) is 157 cm³/mol. The number of aryl methyl sites for hydroxylation is 2. The number of nitro benzene ring substituents is 1. The number of carbonyl (C=O) groups excluding carboxylic acids is 4. The molecule has 4 amide bonds. The first-order valence-corrected chi connectivity index (χ1v) is 13.3. The summed E-state index contributed by atoms with van der Waals surface area (Å²) in [5.74, 6) is -1.14. The zero-order chi connectivity index (χ0) is 30.4. The van der Waals surface area contributed by atoms with Gasteiger partial charge < -0.3 is 20.1 Å². The summed E-state index contributed by atoms with van der Waals surface area (Å²) in [5, 5.41) is 15.6. The van der Waals surface area contributed by atoms with Crippen LogP contribution in [0.15, 0.2) is 65.6 Å². The van der Waals surface area contributed by atoms with E-state index in [1.807, 2.05) is 32.0 Å². The summed E-state index contributed by atoms with van der Waals surface area (Å²) in [6, 6.07) is 15.8. The predicted octanol–water partition coefficient (Wildman–Crippen LogP) is 4.91. The summed E-state index contributed by atoms with van der Waals surface area (Å²) in [5.41, 5.74) is 3.03. The van der Waals surface area contributed by atoms with Crippen LogP contribution in [-0.2, 0) is 14.4 Å². The molecule has 1 fully saturated rings. The fraction of sp³-hybridized carbons (Fsp3) is 0.172. The first-order valence-electron chi connectivity index (χ1n) is 12.5. The Kier molecular flexibility index (Phi) is 9.22. The van der Waals surface area contributed by atoms with Crippen LogP contribution < -0.4 is 20.1 Å². The Morgan fingerprint density at radius 3 is 2.52 bits per heavy atom. The summed E-state index contributed by atoms with van der Waals surface area (Å²) in [6.07, 6.45) is 1.49. The molecule has 3 aromatic carbocycles. The average molecular weight is 591 g/mol. The maximum Gasteiger partial charge on any atom is 0.294 e. The van der Waals surface area contributed by atoms with Gasteiger partial charge in [-0.25, -0.2) is 0 Å². The average Bonchev–Trinajstić information content (AvgIpc) is 3.21. The highest BCUT2D eigenvalue weighted by Crippen LogP contribution is 2.34. The molecule has 0 saturated carbocycles. The van der Waals surface area contributed by atoms with E-state index in [9.17, 15) is 29.3 Å². The van der Waals surface area contributed by atoms with E-state index >= 15 is 0 Å². The highest BCUT2D eigenvalue weighted by atomic mass is 32.2. The molecule has 1 aliphatic rings. The van der Waals surface area contributed by atoms with Crippen molar-refractivity contribution in [3.05, 3.63) is 92.4 Å². The van der Waals surface area contributed by atoms with Gasteiger partial charge in [0.1, 0.15) is 6.54 Å². The lowest BCUT2D eigenvalue weighted by atomic mass is 10.1. The van der Waals surface area contributed by atoms with E-state index in [-0.39, 0.29) is 27.8 Å². The van der Waals surface area contributed by atoms with Crippen LogP contribution in [0.3, 0.4) is 0 Å². The SMILES string of the molecule is COc1cc(/C=C2\SC(=O)N(CC(=O)Nc3cc(C)ccc3C)C2=O)ccc1OCC(=O)Nc1cccc([N+](=O)[O-])c1. The molecule has 0 bridgehead atoms. The second kappa shape index (κ2) is 13.0. The molecule has 0 aliphatic carbocycles. The summed E-state index contributed by atoms with van der Waals surface area (Å²) >= 11 is 0.717. The summed E-state index contributed by atoms with van der Waals surface area (Å²) in [7, 11) is 1.40. The van der Waals surface area contributed by atoms with Gasteiger partial charge in [-0.2, -0.15) is 0 Å². The Hall–Kier alpha value is -5.17. The van der Waals surface area contributed by atoms with Crippen LogP contribution >= 0.6 is 11.8 Å². The number of anilines is 2. The molecular formula is C29H26N4O8S. The molecule has 0 unspecified atom stereocenters. The van der Waals surface area contributed by atoms with Crippen LogP contribution in [-0.4, -0.2) is 53.0 Å². The van der Waals surface area contributed by atoms with E-state index < -0.39 is 41.0 Å². The number of rotatable bonds is 10. The molecule has 1 heterocycles. The third kappa shape index (κ3) is 7.31. The zero-order valence-corrected chi connectivity index (χ0v) is 23.7. The van der Waals surface area contributed by atoms with Crippen molar-refractivity contribution >= 4 is 57.9 Å². The van der Waals surface area contributed by atoms with Crippen molar-refractivity contribution in [1.29, 1.82) is 0 Å². The van der Waals surface area contributed by atoms with Crippen molar-refractivity contribution in [2.24, 2.45) is 0 Å². The normalized spacial score (nSPS) is 13.7. The lowest BCUT2D eigenvalue weighted by Crippen LogP contribution is -2.36.